The Kier molecular flexibility index (Phi) is 3.62. The topological polar surface area (TPSA) is 98.5 Å². The van der Waals surface area contributed by atoms with Gasteiger partial charge in [-0.1, -0.05) is 5.11 Å². The molecule has 16 heavy (non-hydrogen) atoms. The van der Waals surface area contributed by atoms with Crippen molar-refractivity contribution in [3.8, 4) is 0 Å². The fourth-order valence-electron chi connectivity index (χ4n) is 1.42. The standard InChI is InChI=1S/C9H16N4O3/c1-9(2,3)16-8(15)13-4-6(11-12-10)7(14)5-13/h6-7,14H,4-5H2,1-3H3/t6-,7+/m1/s1. The Morgan fingerprint density at radius 1 is 1.56 bits per heavy atom. The molecule has 1 fully saturated rings. The molecule has 0 aliphatic carbocycles. The molecule has 90 valence electrons. The summed E-state index contributed by atoms with van der Waals surface area (Å²) in [6, 6.07) is -0.586. The van der Waals surface area contributed by atoms with Crippen LogP contribution in [0.4, 0.5) is 4.79 Å². The first kappa shape index (κ1) is 12.6. The highest BCUT2D eigenvalue weighted by molar-refractivity contribution is 5.68. The number of azide groups is 1. The Morgan fingerprint density at radius 3 is 2.69 bits per heavy atom. The molecule has 7 nitrogen and oxygen atoms in total. The second-order valence-corrected chi connectivity index (χ2v) is 4.72. The largest absolute Gasteiger partial charge is 0.444 e. The molecule has 0 aromatic rings. The van der Waals surface area contributed by atoms with Crippen molar-refractivity contribution in [3.05, 3.63) is 10.4 Å². The van der Waals surface area contributed by atoms with Crippen molar-refractivity contribution in [1.29, 1.82) is 0 Å². The normalized spacial score (nSPS) is 25.1. The average molecular weight is 228 g/mol. The van der Waals surface area contributed by atoms with E-state index >= 15 is 0 Å². The minimum atomic E-state index is -0.816. The fourth-order valence-corrected chi connectivity index (χ4v) is 1.42. The number of aliphatic hydroxyl groups is 1. The van der Waals surface area contributed by atoms with Crippen LogP contribution in [0.3, 0.4) is 0 Å². The summed E-state index contributed by atoms with van der Waals surface area (Å²) in [6.07, 6.45) is -1.31. The van der Waals surface area contributed by atoms with Gasteiger partial charge in [0, 0.05) is 11.5 Å². The molecule has 2 atom stereocenters. The van der Waals surface area contributed by atoms with Crippen LogP contribution in [0, 0.1) is 0 Å². The molecule has 0 saturated carbocycles. The van der Waals surface area contributed by atoms with Gasteiger partial charge in [-0.2, -0.15) is 0 Å². The number of likely N-dealkylation sites (tertiary alicyclic amines) is 1. The van der Waals surface area contributed by atoms with Crippen LogP contribution < -0.4 is 0 Å². The molecule has 1 heterocycles. The van der Waals surface area contributed by atoms with Gasteiger partial charge in [0.25, 0.3) is 0 Å². The van der Waals surface area contributed by atoms with Crippen LogP contribution in [-0.2, 0) is 4.74 Å². The molecule has 1 rings (SSSR count). The molecule has 1 amide bonds. The van der Waals surface area contributed by atoms with Crippen LogP contribution in [0.25, 0.3) is 10.4 Å². The predicted octanol–water partition coefficient (Wildman–Crippen LogP) is 1.28. The first-order valence-electron chi connectivity index (χ1n) is 5.03. The number of hydrogen-bond acceptors (Lipinski definition) is 4. The van der Waals surface area contributed by atoms with E-state index in [1.807, 2.05) is 0 Å². The summed E-state index contributed by atoms with van der Waals surface area (Å²) in [5.41, 5.74) is 7.70. The minimum Gasteiger partial charge on any atom is -0.444 e. The molecule has 0 spiro atoms. The van der Waals surface area contributed by atoms with Gasteiger partial charge < -0.3 is 14.7 Å². The number of hydrogen-bond donors (Lipinski definition) is 1. The van der Waals surface area contributed by atoms with Crippen molar-refractivity contribution >= 4 is 6.09 Å². The Labute approximate surface area is 93.6 Å². The quantitative estimate of drug-likeness (QED) is 0.415. The van der Waals surface area contributed by atoms with Crippen LogP contribution in [0.1, 0.15) is 20.8 Å². The Balaban J connectivity index is 2.58. The van der Waals surface area contributed by atoms with Gasteiger partial charge in [0.2, 0.25) is 0 Å². The van der Waals surface area contributed by atoms with E-state index in [9.17, 15) is 9.90 Å². The molecule has 0 unspecified atom stereocenters. The van der Waals surface area contributed by atoms with Crippen LogP contribution in [0.5, 0.6) is 0 Å². The fraction of sp³-hybridized carbons (Fsp3) is 0.889. The maximum atomic E-state index is 11.6. The van der Waals surface area contributed by atoms with Crippen molar-refractivity contribution in [2.45, 2.75) is 38.5 Å². The monoisotopic (exact) mass is 228 g/mol. The van der Waals surface area contributed by atoms with E-state index in [1.54, 1.807) is 20.8 Å². The third-order valence-electron chi connectivity index (χ3n) is 2.11. The lowest BCUT2D eigenvalue weighted by atomic mass is 10.2. The van der Waals surface area contributed by atoms with Crippen LogP contribution in [0.2, 0.25) is 0 Å². The van der Waals surface area contributed by atoms with E-state index in [-0.39, 0.29) is 13.1 Å². The molecular formula is C9H16N4O3. The third kappa shape index (κ3) is 3.29. The zero-order chi connectivity index (χ0) is 12.3. The number of nitrogens with zero attached hydrogens (tertiary/aromatic N) is 4. The van der Waals surface area contributed by atoms with E-state index in [0.29, 0.717) is 0 Å². The zero-order valence-corrected chi connectivity index (χ0v) is 9.62. The van der Waals surface area contributed by atoms with Crippen molar-refractivity contribution < 1.29 is 14.6 Å². The number of carbonyl (C=O) groups excluding carboxylic acids is 1. The first-order chi connectivity index (χ1) is 7.33. The minimum absolute atomic E-state index is 0.137. The second kappa shape index (κ2) is 4.59. The Hall–Kier alpha value is -1.46. The predicted molar refractivity (Wildman–Crippen MR) is 56.7 cm³/mol. The SMILES string of the molecule is CC(C)(C)OC(=O)N1C[C@H](O)[C@H](N=[N+]=[N-])C1. The van der Waals surface area contributed by atoms with Gasteiger partial charge in [-0.25, -0.2) is 4.79 Å². The van der Waals surface area contributed by atoms with Crippen molar-refractivity contribution in [3.63, 3.8) is 0 Å². The lowest BCUT2D eigenvalue weighted by molar-refractivity contribution is 0.0270. The van der Waals surface area contributed by atoms with E-state index < -0.39 is 23.8 Å². The highest BCUT2D eigenvalue weighted by Gasteiger charge is 2.35. The molecule has 0 bridgehead atoms. The molecule has 1 N–H and O–H groups in total. The number of rotatable bonds is 1. The molecule has 1 aliphatic rings. The summed E-state index contributed by atoms with van der Waals surface area (Å²) in [7, 11) is 0. The van der Waals surface area contributed by atoms with Crippen molar-refractivity contribution in [1.82, 2.24) is 4.90 Å². The summed E-state index contributed by atoms with van der Waals surface area (Å²) in [5, 5.41) is 12.9. The third-order valence-corrected chi connectivity index (χ3v) is 2.11. The lowest BCUT2D eigenvalue weighted by Crippen LogP contribution is -2.36. The van der Waals surface area contributed by atoms with Gasteiger partial charge >= 0.3 is 6.09 Å². The zero-order valence-electron chi connectivity index (χ0n) is 9.62. The summed E-state index contributed by atoms with van der Waals surface area (Å²) in [4.78, 5) is 15.6. The first-order valence-corrected chi connectivity index (χ1v) is 5.03. The number of β-amino-alcohol motifs (C(OH)–C–C–N with tert-alkyl or cyclic N) is 1. The average Bonchev–Trinajstić information content (AvgIpc) is 2.46. The van der Waals surface area contributed by atoms with Crippen LogP contribution in [-0.4, -0.2) is 46.9 Å². The van der Waals surface area contributed by atoms with E-state index in [0.717, 1.165) is 0 Å². The molecule has 1 saturated heterocycles. The van der Waals surface area contributed by atoms with Crippen molar-refractivity contribution in [2.75, 3.05) is 13.1 Å². The highest BCUT2D eigenvalue weighted by atomic mass is 16.6. The Bertz CT molecular complexity index is 319. The van der Waals surface area contributed by atoms with Gasteiger partial charge in [-0.15, -0.1) is 0 Å². The van der Waals surface area contributed by atoms with Crippen molar-refractivity contribution in [2.24, 2.45) is 5.11 Å². The molecule has 0 radical (unpaired) electrons. The molecule has 1 aliphatic heterocycles. The molecule has 0 aromatic heterocycles. The van der Waals surface area contributed by atoms with Gasteiger partial charge in [0.1, 0.15) is 5.60 Å². The Morgan fingerprint density at radius 2 is 2.19 bits per heavy atom. The maximum absolute atomic E-state index is 11.6. The van der Waals surface area contributed by atoms with E-state index in [2.05, 4.69) is 10.0 Å². The number of aliphatic hydroxyl groups excluding tert-OH is 1. The smallest absolute Gasteiger partial charge is 0.410 e. The van der Waals surface area contributed by atoms with Crippen LogP contribution >= 0.6 is 0 Å². The van der Waals surface area contributed by atoms with E-state index in [4.69, 9.17) is 10.3 Å². The number of amides is 1. The summed E-state index contributed by atoms with van der Waals surface area (Å²) in [6.45, 7) is 5.63. The molecule has 7 heteroatoms. The van der Waals surface area contributed by atoms with Gasteiger partial charge in [-0.3, -0.25) is 0 Å². The van der Waals surface area contributed by atoms with E-state index in [1.165, 1.54) is 4.90 Å². The number of ether oxygens (including phenoxy) is 1. The molecule has 0 aromatic carbocycles. The summed E-state index contributed by atoms with van der Waals surface area (Å²) >= 11 is 0. The second-order valence-electron chi connectivity index (χ2n) is 4.72. The number of carbonyl (C=O) groups is 1. The summed E-state index contributed by atoms with van der Waals surface area (Å²) in [5.74, 6) is 0. The maximum Gasteiger partial charge on any atom is 0.410 e. The highest BCUT2D eigenvalue weighted by Crippen LogP contribution is 2.17. The van der Waals surface area contributed by atoms with Gasteiger partial charge in [0.15, 0.2) is 0 Å². The van der Waals surface area contributed by atoms with Gasteiger partial charge in [0.05, 0.1) is 18.7 Å². The van der Waals surface area contributed by atoms with Crippen LogP contribution in [0.15, 0.2) is 5.11 Å². The van der Waals surface area contributed by atoms with Gasteiger partial charge in [-0.05, 0) is 26.3 Å². The molecular weight excluding hydrogens is 212 g/mol. The lowest BCUT2D eigenvalue weighted by Gasteiger charge is -2.24. The summed E-state index contributed by atoms with van der Waals surface area (Å²) < 4.78 is 5.14.